The van der Waals surface area contributed by atoms with Crippen molar-refractivity contribution in [3.8, 4) is 0 Å². The van der Waals surface area contributed by atoms with E-state index in [1.807, 2.05) is 32.0 Å². The van der Waals surface area contributed by atoms with Crippen molar-refractivity contribution >= 4 is 0 Å². The van der Waals surface area contributed by atoms with Crippen molar-refractivity contribution in [3.63, 3.8) is 0 Å². The lowest BCUT2D eigenvalue weighted by molar-refractivity contribution is -0.154. The van der Waals surface area contributed by atoms with Crippen LogP contribution in [0.4, 0.5) is 0 Å². The number of hydrogen-bond acceptors (Lipinski definition) is 3. The summed E-state index contributed by atoms with van der Waals surface area (Å²) in [5, 5.41) is 24.7. The lowest BCUT2D eigenvalue weighted by Gasteiger charge is -2.50. The number of aliphatic hydroxyl groups is 2. The minimum Gasteiger partial charge on any atom is -0.390 e. The smallest absolute Gasteiger partial charge is 0.108 e. The lowest BCUT2D eigenvalue weighted by atomic mass is 9.68. The van der Waals surface area contributed by atoms with E-state index in [-0.39, 0.29) is 0 Å². The van der Waals surface area contributed by atoms with Gasteiger partial charge in [0.1, 0.15) is 5.60 Å². The summed E-state index contributed by atoms with van der Waals surface area (Å²) >= 11 is 0. The van der Waals surface area contributed by atoms with Gasteiger partial charge < -0.3 is 15.5 Å². The Morgan fingerprint density at radius 2 is 1.95 bits per heavy atom. The summed E-state index contributed by atoms with van der Waals surface area (Å²) in [7, 11) is 0. The van der Waals surface area contributed by atoms with Crippen LogP contribution in [0, 0.1) is 5.92 Å². The number of aliphatic hydroxyl groups excluding tert-OH is 1. The molecule has 0 aliphatic heterocycles. The number of hydrogen-bond donors (Lipinski definition) is 3. The van der Waals surface area contributed by atoms with Gasteiger partial charge in [0.2, 0.25) is 0 Å². The van der Waals surface area contributed by atoms with Gasteiger partial charge in [0, 0.05) is 12.1 Å². The minimum absolute atomic E-state index is 0.482. The Bertz CT molecular complexity index is 432. The van der Waals surface area contributed by atoms with Gasteiger partial charge in [0.25, 0.3) is 0 Å². The average Bonchev–Trinajstić information content (AvgIpc) is 2.42. The first-order chi connectivity index (χ1) is 9.35. The molecule has 1 aromatic carbocycles. The fraction of sp³-hybridized carbons (Fsp3) is 0.647. The largest absolute Gasteiger partial charge is 0.390 e. The molecule has 3 heteroatoms. The Balaban J connectivity index is 2.05. The van der Waals surface area contributed by atoms with E-state index in [9.17, 15) is 10.2 Å². The molecule has 1 aromatic rings. The van der Waals surface area contributed by atoms with Crippen LogP contribution in [0.15, 0.2) is 30.3 Å². The van der Waals surface area contributed by atoms with Gasteiger partial charge >= 0.3 is 0 Å². The summed E-state index contributed by atoms with van der Waals surface area (Å²) in [5.74, 6) is 0.482. The van der Waals surface area contributed by atoms with Crippen LogP contribution in [0.3, 0.4) is 0 Å². The quantitative estimate of drug-likeness (QED) is 0.792. The first kappa shape index (κ1) is 15.5. The first-order valence-corrected chi connectivity index (χ1v) is 7.54. The molecule has 0 amide bonds. The zero-order valence-corrected chi connectivity index (χ0v) is 12.8. The predicted octanol–water partition coefficient (Wildman–Crippen LogP) is 2.47. The van der Waals surface area contributed by atoms with E-state index >= 15 is 0 Å². The van der Waals surface area contributed by atoms with E-state index in [4.69, 9.17) is 0 Å². The van der Waals surface area contributed by atoms with E-state index in [2.05, 4.69) is 24.4 Å². The average molecular weight is 277 g/mol. The van der Waals surface area contributed by atoms with Crippen molar-refractivity contribution in [1.82, 2.24) is 5.32 Å². The van der Waals surface area contributed by atoms with Crippen molar-refractivity contribution in [2.24, 2.45) is 5.92 Å². The highest BCUT2D eigenvalue weighted by molar-refractivity contribution is 5.16. The lowest BCUT2D eigenvalue weighted by Crippen LogP contribution is -2.66. The molecule has 3 N–H and O–H groups in total. The molecule has 0 saturated heterocycles. The maximum absolute atomic E-state index is 11.0. The van der Waals surface area contributed by atoms with Crippen LogP contribution >= 0.6 is 0 Å². The Kier molecular flexibility index (Phi) is 4.52. The maximum atomic E-state index is 11.0. The predicted molar refractivity (Wildman–Crippen MR) is 81.3 cm³/mol. The second kappa shape index (κ2) is 5.84. The molecule has 1 fully saturated rings. The third kappa shape index (κ3) is 3.05. The van der Waals surface area contributed by atoms with Gasteiger partial charge in [0.15, 0.2) is 0 Å². The second-order valence-electron chi connectivity index (χ2n) is 6.78. The molecule has 0 unspecified atom stereocenters. The normalized spacial score (nSPS) is 31.2. The second-order valence-corrected chi connectivity index (χ2v) is 6.78. The topological polar surface area (TPSA) is 52.5 Å². The van der Waals surface area contributed by atoms with Gasteiger partial charge in [0.05, 0.1) is 6.10 Å². The monoisotopic (exact) mass is 277 g/mol. The van der Waals surface area contributed by atoms with Gasteiger partial charge in [-0.3, -0.25) is 0 Å². The SMILES string of the molecule is C[C@@H]1CC[C@@](O)(C(C)(C)NCc2ccccc2)[C@H](O)C1. The van der Waals surface area contributed by atoms with Crippen molar-refractivity contribution in [2.75, 3.05) is 0 Å². The van der Waals surface area contributed by atoms with Gasteiger partial charge in [-0.15, -0.1) is 0 Å². The standard InChI is InChI=1S/C17H27NO2/c1-13-9-10-17(20,15(19)11-13)16(2,3)18-12-14-7-5-4-6-8-14/h4-8,13,15,18-20H,9-12H2,1-3H3/t13-,15-,17+/m1/s1. The number of rotatable bonds is 4. The molecule has 112 valence electrons. The summed E-state index contributed by atoms with van der Waals surface area (Å²) in [5.41, 5.74) is -0.403. The number of nitrogens with one attached hydrogen (secondary N) is 1. The highest BCUT2D eigenvalue weighted by Gasteiger charge is 2.50. The van der Waals surface area contributed by atoms with Gasteiger partial charge in [-0.05, 0) is 44.6 Å². The molecule has 1 saturated carbocycles. The summed E-state index contributed by atoms with van der Waals surface area (Å²) in [6.07, 6.45) is 1.62. The van der Waals surface area contributed by atoms with Crippen molar-refractivity contribution in [1.29, 1.82) is 0 Å². The zero-order chi connectivity index (χ0) is 14.8. The molecule has 0 radical (unpaired) electrons. The van der Waals surface area contributed by atoms with Gasteiger partial charge in [-0.25, -0.2) is 0 Å². The molecule has 0 aromatic heterocycles. The van der Waals surface area contributed by atoms with Crippen LogP contribution in [0.5, 0.6) is 0 Å². The Morgan fingerprint density at radius 1 is 1.30 bits per heavy atom. The first-order valence-electron chi connectivity index (χ1n) is 7.54. The fourth-order valence-electron chi connectivity index (χ4n) is 3.13. The van der Waals surface area contributed by atoms with Crippen LogP contribution in [-0.4, -0.2) is 27.5 Å². The Hall–Kier alpha value is -0.900. The highest BCUT2D eigenvalue weighted by atomic mass is 16.3. The molecule has 0 bridgehead atoms. The van der Waals surface area contributed by atoms with Crippen molar-refractivity contribution < 1.29 is 10.2 Å². The molecule has 3 atom stereocenters. The molecule has 1 aliphatic rings. The van der Waals surface area contributed by atoms with Gasteiger partial charge in [-0.1, -0.05) is 37.3 Å². The number of benzene rings is 1. The molecule has 2 rings (SSSR count). The van der Waals surface area contributed by atoms with E-state index in [1.54, 1.807) is 0 Å². The molecule has 0 heterocycles. The molecule has 20 heavy (non-hydrogen) atoms. The molecular formula is C17H27NO2. The van der Waals surface area contributed by atoms with Gasteiger partial charge in [-0.2, -0.15) is 0 Å². The highest BCUT2D eigenvalue weighted by Crippen LogP contribution is 2.39. The Morgan fingerprint density at radius 3 is 2.55 bits per heavy atom. The van der Waals surface area contributed by atoms with Crippen molar-refractivity contribution in [3.05, 3.63) is 35.9 Å². The fourth-order valence-corrected chi connectivity index (χ4v) is 3.13. The molecule has 3 nitrogen and oxygen atoms in total. The molecular weight excluding hydrogens is 250 g/mol. The van der Waals surface area contributed by atoms with Crippen LogP contribution in [-0.2, 0) is 6.54 Å². The van der Waals surface area contributed by atoms with E-state index in [0.29, 0.717) is 25.3 Å². The minimum atomic E-state index is -1.06. The van der Waals surface area contributed by atoms with Crippen molar-refractivity contribution in [2.45, 2.75) is 63.8 Å². The molecule has 0 spiro atoms. The van der Waals surface area contributed by atoms with E-state index in [0.717, 1.165) is 6.42 Å². The zero-order valence-electron chi connectivity index (χ0n) is 12.8. The maximum Gasteiger partial charge on any atom is 0.108 e. The van der Waals surface area contributed by atoms with Crippen LogP contribution in [0.1, 0.15) is 45.6 Å². The summed E-state index contributed by atoms with van der Waals surface area (Å²) in [6.45, 7) is 6.79. The Labute approximate surface area is 122 Å². The van der Waals surface area contributed by atoms with Crippen LogP contribution in [0.25, 0.3) is 0 Å². The summed E-state index contributed by atoms with van der Waals surface area (Å²) in [4.78, 5) is 0. The third-order valence-corrected chi connectivity index (χ3v) is 4.85. The summed E-state index contributed by atoms with van der Waals surface area (Å²) < 4.78 is 0. The van der Waals surface area contributed by atoms with Crippen LogP contribution in [0.2, 0.25) is 0 Å². The van der Waals surface area contributed by atoms with E-state index < -0.39 is 17.2 Å². The van der Waals surface area contributed by atoms with Crippen LogP contribution < -0.4 is 5.32 Å². The van der Waals surface area contributed by atoms with E-state index in [1.165, 1.54) is 5.56 Å². The third-order valence-electron chi connectivity index (χ3n) is 4.85. The summed E-state index contributed by atoms with van der Waals surface area (Å²) in [6, 6.07) is 10.1. The molecule has 1 aliphatic carbocycles.